The molecule has 1 N–H and O–H groups in total. The Balaban J connectivity index is 3.11. The Bertz CT molecular complexity index is 224. The van der Waals surface area contributed by atoms with E-state index in [0.29, 0.717) is 6.42 Å². The minimum atomic E-state index is -1.01. The van der Waals surface area contributed by atoms with E-state index in [0.717, 1.165) is 12.8 Å². The van der Waals surface area contributed by atoms with Gasteiger partial charge in [-0.1, -0.05) is 64.7 Å². The van der Waals surface area contributed by atoms with E-state index >= 15 is 0 Å². The van der Waals surface area contributed by atoms with Crippen LogP contribution in [0.4, 0.5) is 0 Å². The van der Waals surface area contributed by atoms with E-state index in [2.05, 4.69) is 6.92 Å². The number of carboxylic acids is 1. The van der Waals surface area contributed by atoms with Crippen molar-refractivity contribution in [1.82, 2.24) is 0 Å². The van der Waals surface area contributed by atoms with Gasteiger partial charge in [0, 0.05) is 6.42 Å². The molecule has 18 heavy (non-hydrogen) atoms. The highest BCUT2D eigenvalue weighted by Crippen LogP contribution is 2.11. The summed E-state index contributed by atoms with van der Waals surface area (Å²) < 4.78 is 0. The number of ketones is 1. The van der Waals surface area contributed by atoms with E-state index in [9.17, 15) is 9.59 Å². The van der Waals surface area contributed by atoms with Crippen LogP contribution in [0, 0.1) is 0 Å². The van der Waals surface area contributed by atoms with Gasteiger partial charge in [0.2, 0.25) is 0 Å². The molecule has 0 unspecified atom stereocenters. The van der Waals surface area contributed by atoms with Crippen LogP contribution in [0.5, 0.6) is 0 Å². The van der Waals surface area contributed by atoms with Gasteiger partial charge in [0.15, 0.2) is 0 Å². The van der Waals surface area contributed by atoms with Gasteiger partial charge in [-0.25, -0.2) is 0 Å². The number of carboxylic acid groups (broad SMARTS) is 1. The zero-order valence-corrected chi connectivity index (χ0v) is 11.7. The molecule has 0 saturated carbocycles. The van der Waals surface area contributed by atoms with E-state index in [-0.39, 0.29) is 12.2 Å². The molecule has 0 aromatic rings. The predicted octanol–water partition coefficient (Wildman–Crippen LogP) is 4.34. The fraction of sp³-hybridized carbons (Fsp3) is 0.867. The number of rotatable bonds is 13. The molecule has 0 saturated heterocycles. The quantitative estimate of drug-likeness (QED) is 0.394. The van der Waals surface area contributed by atoms with Crippen molar-refractivity contribution in [2.75, 3.05) is 0 Å². The van der Waals surface area contributed by atoms with Crippen LogP contribution in [0.1, 0.15) is 84.0 Å². The minimum absolute atomic E-state index is 0.137. The fourth-order valence-electron chi connectivity index (χ4n) is 2.07. The van der Waals surface area contributed by atoms with Crippen molar-refractivity contribution in [3.63, 3.8) is 0 Å². The molecule has 3 nitrogen and oxygen atoms in total. The van der Waals surface area contributed by atoms with E-state index in [1.807, 2.05) is 0 Å². The van der Waals surface area contributed by atoms with Crippen molar-refractivity contribution in [1.29, 1.82) is 0 Å². The highest BCUT2D eigenvalue weighted by Gasteiger charge is 2.06. The summed E-state index contributed by atoms with van der Waals surface area (Å²) in [6.07, 6.45) is 12.4. The number of carbonyl (C=O) groups excluding carboxylic acids is 1. The molecule has 0 fully saturated rings. The van der Waals surface area contributed by atoms with Gasteiger partial charge in [0.25, 0.3) is 0 Å². The van der Waals surface area contributed by atoms with Crippen LogP contribution in [0.2, 0.25) is 0 Å². The molecule has 3 heteroatoms. The maximum absolute atomic E-state index is 11.1. The van der Waals surface area contributed by atoms with Crippen LogP contribution in [-0.2, 0) is 9.59 Å². The van der Waals surface area contributed by atoms with Crippen molar-refractivity contribution in [3.8, 4) is 0 Å². The SMILES string of the molecule is CCCCCCCCCCCCC(=O)CC(=O)O. The van der Waals surface area contributed by atoms with Crippen LogP contribution in [0.3, 0.4) is 0 Å². The number of hydrogen-bond donors (Lipinski definition) is 1. The number of aliphatic carboxylic acids is 1. The Morgan fingerprint density at radius 2 is 1.22 bits per heavy atom. The third-order valence-electron chi connectivity index (χ3n) is 3.16. The molecule has 0 aromatic carbocycles. The van der Waals surface area contributed by atoms with E-state index in [1.54, 1.807) is 0 Å². The molecule has 0 aromatic heterocycles. The third kappa shape index (κ3) is 13.2. The van der Waals surface area contributed by atoms with Crippen LogP contribution < -0.4 is 0 Å². The summed E-state index contributed by atoms with van der Waals surface area (Å²) in [4.78, 5) is 21.4. The second kappa shape index (κ2) is 12.6. The third-order valence-corrected chi connectivity index (χ3v) is 3.16. The predicted molar refractivity (Wildman–Crippen MR) is 73.7 cm³/mol. The van der Waals surface area contributed by atoms with E-state index < -0.39 is 5.97 Å². The lowest BCUT2D eigenvalue weighted by molar-refractivity contribution is -0.140. The van der Waals surface area contributed by atoms with Gasteiger partial charge in [0.05, 0.1) is 0 Å². The zero-order chi connectivity index (χ0) is 13.6. The minimum Gasteiger partial charge on any atom is -0.481 e. The second-order valence-corrected chi connectivity index (χ2v) is 5.04. The Morgan fingerprint density at radius 1 is 0.778 bits per heavy atom. The summed E-state index contributed by atoms with van der Waals surface area (Å²) in [5.41, 5.74) is 0. The first kappa shape index (κ1) is 17.1. The van der Waals surface area contributed by atoms with Gasteiger partial charge in [-0.15, -0.1) is 0 Å². The molecular weight excluding hydrogens is 228 g/mol. The lowest BCUT2D eigenvalue weighted by Crippen LogP contribution is -2.05. The molecule has 0 bridgehead atoms. The Kier molecular flexibility index (Phi) is 12.0. The van der Waals surface area contributed by atoms with E-state index in [1.165, 1.54) is 51.4 Å². The average Bonchev–Trinajstić information content (AvgIpc) is 2.30. The molecule has 0 rings (SSSR count). The van der Waals surface area contributed by atoms with Gasteiger partial charge >= 0.3 is 5.97 Å². The Labute approximate surface area is 111 Å². The lowest BCUT2D eigenvalue weighted by atomic mass is 10.0. The molecule has 0 aliphatic heterocycles. The highest BCUT2D eigenvalue weighted by atomic mass is 16.4. The largest absolute Gasteiger partial charge is 0.481 e. The molecule has 0 aliphatic carbocycles. The number of hydrogen-bond acceptors (Lipinski definition) is 2. The van der Waals surface area contributed by atoms with Gasteiger partial charge < -0.3 is 5.11 Å². The first-order valence-electron chi connectivity index (χ1n) is 7.40. The van der Waals surface area contributed by atoms with Gasteiger partial charge in [-0.3, -0.25) is 9.59 Å². The van der Waals surface area contributed by atoms with Crippen molar-refractivity contribution in [2.45, 2.75) is 84.0 Å². The average molecular weight is 256 g/mol. The summed E-state index contributed by atoms with van der Waals surface area (Å²) in [6, 6.07) is 0. The summed E-state index contributed by atoms with van der Waals surface area (Å²) in [5, 5.41) is 8.42. The molecule has 106 valence electrons. The first-order chi connectivity index (χ1) is 8.66. The molecular formula is C15H28O3. The van der Waals surface area contributed by atoms with Crippen LogP contribution in [-0.4, -0.2) is 16.9 Å². The van der Waals surface area contributed by atoms with Crippen LogP contribution in [0.25, 0.3) is 0 Å². The topological polar surface area (TPSA) is 54.4 Å². The lowest BCUT2D eigenvalue weighted by Gasteiger charge is -2.01. The number of carbonyl (C=O) groups is 2. The Hall–Kier alpha value is -0.860. The standard InChI is InChI=1S/C15H28O3/c1-2-3-4-5-6-7-8-9-10-11-12-14(16)13-15(17)18/h2-13H2,1H3,(H,17,18). The maximum Gasteiger partial charge on any atom is 0.310 e. The zero-order valence-electron chi connectivity index (χ0n) is 11.7. The maximum atomic E-state index is 11.1. The summed E-state index contributed by atoms with van der Waals surface area (Å²) in [6.45, 7) is 2.23. The fourth-order valence-corrected chi connectivity index (χ4v) is 2.07. The number of Topliss-reactive ketones (excluding diaryl/α,β-unsaturated/α-hetero) is 1. The molecule has 0 amide bonds. The van der Waals surface area contributed by atoms with Crippen molar-refractivity contribution in [3.05, 3.63) is 0 Å². The molecule has 0 aliphatic rings. The number of unbranched alkanes of at least 4 members (excludes halogenated alkanes) is 9. The van der Waals surface area contributed by atoms with Crippen LogP contribution in [0.15, 0.2) is 0 Å². The smallest absolute Gasteiger partial charge is 0.310 e. The summed E-state index contributed by atoms with van der Waals surface area (Å²) >= 11 is 0. The van der Waals surface area contributed by atoms with Crippen molar-refractivity contribution < 1.29 is 14.7 Å². The van der Waals surface area contributed by atoms with Crippen molar-refractivity contribution in [2.24, 2.45) is 0 Å². The van der Waals surface area contributed by atoms with Crippen molar-refractivity contribution >= 4 is 11.8 Å². The molecule has 0 spiro atoms. The van der Waals surface area contributed by atoms with Gasteiger partial charge in [0.1, 0.15) is 12.2 Å². The monoisotopic (exact) mass is 256 g/mol. The van der Waals surface area contributed by atoms with Gasteiger partial charge in [-0.2, -0.15) is 0 Å². The second-order valence-electron chi connectivity index (χ2n) is 5.04. The highest BCUT2D eigenvalue weighted by molar-refractivity contribution is 5.94. The Morgan fingerprint density at radius 3 is 1.67 bits per heavy atom. The molecule has 0 atom stereocenters. The molecule has 0 radical (unpaired) electrons. The van der Waals surface area contributed by atoms with Gasteiger partial charge in [-0.05, 0) is 6.42 Å². The van der Waals surface area contributed by atoms with Crippen LogP contribution >= 0.6 is 0 Å². The normalized spacial score (nSPS) is 10.5. The summed E-state index contributed by atoms with van der Waals surface area (Å²) in [5.74, 6) is -1.14. The molecule has 0 heterocycles. The summed E-state index contributed by atoms with van der Waals surface area (Å²) in [7, 11) is 0. The first-order valence-corrected chi connectivity index (χ1v) is 7.40. The van der Waals surface area contributed by atoms with E-state index in [4.69, 9.17) is 5.11 Å².